The van der Waals surface area contributed by atoms with Crippen LogP contribution in [0.4, 0.5) is 0 Å². The van der Waals surface area contributed by atoms with Crippen LogP contribution in [0.15, 0.2) is 0 Å². The Labute approximate surface area is 89.4 Å². The second kappa shape index (κ2) is 5.32. The normalized spacial score (nSPS) is 21.2. The Balaban J connectivity index is 2.38. The number of hydrogen-bond donors (Lipinski definition) is 1. The zero-order valence-corrected chi connectivity index (χ0v) is 10.0. The van der Waals surface area contributed by atoms with Crippen LogP contribution in [0.25, 0.3) is 0 Å². The smallest absolute Gasteiger partial charge is 0.0558 e. The van der Waals surface area contributed by atoms with Gasteiger partial charge in [0.05, 0.1) is 6.61 Å². The minimum absolute atomic E-state index is 0.273. The summed E-state index contributed by atoms with van der Waals surface area (Å²) in [6.07, 6.45) is 5.43. The van der Waals surface area contributed by atoms with Crippen molar-refractivity contribution in [1.29, 1.82) is 0 Å². The molecule has 1 fully saturated rings. The molecule has 0 saturated heterocycles. The van der Waals surface area contributed by atoms with Gasteiger partial charge in [0.1, 0.15) is 0 Å². The summed E-state index contributed by atoms with van der Waals surface area (Å²) in [6.45, 7) is 2.20. The minimum Gasteiger partial charge on any atom is -0.395 e. The molecule has 0 bridgehead atoms. The fraction of sp³-hybridized carbons (Fsp3) is 1.00. The molecule has 1 saturated carbocycles. The first-order valence-electron chi connectivity index (χ1n) is 5.08. The average Bonchev–Trinajstić information content (AvgIpc) is 2.54. The van der Waals surface area contributed by atoms with Gasteiger partial charge in [0.25, 0.3) is 0 Å². The van der Waals surface area contributed by atoms with Crippen molar-refractivity contribution < 1.29 is 5.11 Å². The van der Waals surface area contributed by atoms with Gasteiger partial charge in [0.15, 0.2) is 0 Å². The van der Waals surface area contributed by atoms with Crippen molar-refractivity contribution in [3.63, 3.8) is 0 Å². The van der Waals surface area contributed by atoms with E-state index >= 15 is 0 Å². The predicted octanol–water partition coefficient (Wildman–Crippen LogP) is 1.87. The maximum absolute atomic E-state index is 8.81. The fourth-order valence-electron chi connectivity index (χ4n) is 2.28. The summed E-state index contributed by atoms with van der Waals surface area (Å²) in [5, 5.41) is 9.92. The monoisotopic (exact) mass is 249 g/mol. The van der Waals surface area contributed by atoms with Gasteiger partial charge in [-0.15, -0.1) is 0 Å². The van der Waals surface area contributed by atoms with Crippen LogP contribution < -0.4 is 0 Å². The number of alkyl halides is 1. The van der Waals surface area contributed by atoms with Crippen LogP contribution in [0, 0.1) is 5.41 Å². The molecule has 0 aromatic heterocycles. The summed E-state index contributed by atoms with van der Waals surface area (Å²) in [5.74, 6) is 0. The average molecular weight is 250 g/mol. The number of nitrogens with zero attached hydrogens (tertiary/aromatic N) is 1. The molecule has 1 N–H and O–H groups in total. The zero-order chi connectivity index (χ0) is 9.73. The van der Waals surface area contributed by atoms with Gasteiger partial charge in [-0.3, -0.25) is 0 Å². The summed E-state index contributed by atoms with van der Waals surface area (Å²) >= 11 is 3.62. The van der Waals surface area contributed by atoms with E-state index in [-0.39, 0.29) is 6.61 Å². The van der Waals surface area contributed by atoms with E-state index < -0.39 is 0 Å². The Morgan fingerprint density at radius 1 is 1.38 bits per heavy atom. The molecule has 0 aromatic carbocycles. The van der Waals surface area contributed by atoms with Crippen LogP contribution >= 0.6 is 15.9 Å². The van der Waals surface area contributed by atoms with Crippen LogP contribution in [-0.4, -0.2) is 42.1 Å². The highest BCUT2D eigenvalue weighted by molar-refractivity contribution is 9.09. The lowest BCUT2D eigenvalue weighted by Gasteiger charge is -2.31. The lowest BCUT2D eigenvalue weighted by molar-refractivity contribution is 0.165. The third-order valence-electron chi connectivity index (χ3n) is 3.03. The molecule has 0 spiro atoms. The molecule has 0 amide bonds. The van der Waals surface area contributed by atoms with E-state index in [4.69, 9.17) is 5.11 Å². The number of hydrogen-bond acceptors (Lipinski definition) is 2. The van der Waals surface area contributed by atoms with E-state index in [1.807, 2.05) is 0 Å². The Morgan fingerprint density at radius 2 is 2.00 bits per heavy atom. The van der Waals surface area contributed by atoms with E-state index in [1.165, 1.54) is 25.7 Å². The predicted molar refractivity (Wildman–Crippen MR) is 59.3 cm³/mol. The van der Waals surface area contributed by atoms with Crippen molar-refractivity contribution in [3.8, 4) is 0 Å². The molecule has 1 aliphatic carbocycles. The van der Waals surface area contributed by atoms with Crippen molar-refractivity contribution in [1.82, 2.24) is 4.90 Å². The van der Waals surface area contributed by atoms with Crippen LogP contribution in [0.5, 0.6) is 0 Å². The lowest BCUT2D eigenvalue weighted by Crippen LogP contribution is -2.36. The summed E-state index contributed by atoms with van der Waals surface area (Å²) in [5.41, 5.74) is 0.490. The molecule has 0 heterocycles. The van der Waals surface area contributed by atoms with Gasteiger partial charge >= 0.3 is 0 Å². The molecule has 1 aliphatic rings. The topological polar surface area (TPSA) is 23.5 Å². The summed E-state index contributed by atoms with van der Waals surface area (Å²) in [4.78, 5) is 2.24. The Hall–Kier alpha value is 0.400. The van der Waals surface area contributed by atoms with Gasteiger partial charge < -0.3 is 10.0 Å². The fourth-order valence-corrected chi connectivity index (χ4v) is 3.02. The van der Waals surface area contributed by atoms with Gasteiger partial charge in [0.2, 0.25) is 0 Å². The third kappa shape index (κ3) is 3.22. The van der Waals surface area contributed by atoms with E-state index in [0.717, 1.165) is 18.4 Å². The highest BCUT2D eigenvalue weighted by Crippen LogP contribution is 2.39. The summed E-state index contributed by atoms with van der Waals surface area (Å²) < 4.78 is 0. The molecule has 0 radical (unpaired) electrons. The Morgan fingerprint density at radius 3 is 2.46 bits per heavy atom. The largest absolute Gasteiger partial charge is 0.395 e. The first-order chi connectivity index (χ1) is 6.22. The molecule has 13 heavy (non-hydrogen) atoms. The van der Waals surface area contributed by atoms with Crippen molar-refractivity contribution in [2.75, 3.05) is 32.1 Å². The standard InChI is InChI=1S/C10H20BrNO/c1-12(6-7-13)9-10(8-11)4-2-3-5-10/h13H,2-9H2,1H3. The number of likely N-dealkylation sites (N-methyl/N-ethyl adjacent to an activating group) is 1. The van der Waals surface area contributed by atoms with Gasteiger partial charge in [-0.25, -0.2) is 0 Å². The lowest BCUT2D eigenvalue weighted by atomic mass is 9.88. The van der Waals surface area contributed by atoms with Crippen LogP contribution in [0.2, 0.25) is 0 Å². The number of halogens is 1. The molecular formula is C10H20BrNO. The second-order valence-electron chi connectivity index (χ2n) is 4.30. The Bertz CT molecular complexity index is 146. The van der Waals surface area contributed by atoms with Crippen molar-refractivity contribution in [2.45, 2.75) is 25.7 Å². The number of aliphatic hydroxyl groups excluding tert-OH is 1. The molecular weight excluding hydrogens is 230 g/mol. The van der Waals surface area contributed by atoms with E-state index in [2.05, 4.69) is 27.9 Å². The molecule has 1 rings (SSSR count). The minimum atomic E-state index is 0.273. The van der Waals surface area contributed by atoms with Gasteiger partial charge in [-0.1, -0.05) is 28.8 Å². The van der Waals surface area contributed by atoms with E-state index in [0.29, 0.717) is 5.41 Å². The summed E-state index contributed by atoms with van der Waals surface area (Å²) in [7, 11) is 2.10. The number of aliphatic hydroxyl groups is 1. The van der Waals surface area contributed by atoms with Gasteiger partial charge in [0, 0.05) is 18.4 Å². The summed E-state index contributed by atoms with van der Waals surface area (Å²) in [6, 6.07) is 0. The third-order valence-corrected chi connectivity index (χ3v) is 4.22. The first-order valence-corrected chi connectivity index (χ1v) is 6.20. The first kappa shape index (κ1) is 11.5. The second-order valence-corrected chi connectivity index (χ2v) is 4.86. The van der Waals surface area contributed by atoms with Crippen LogP contribution in [-0.2, 0) is 0 Å². The SMILES string of the molecule is CN(CCO)CC1(CBr)CCCC1. The maximum atomic E-state index is 8.81. The zero-order valence-electron chi connectivity index (χ0n) is 8.43. The number of rotatable bonds is 5. The maximum Gasteiger partial charge on any atom is 0.0558 e. The molecule has 78 valence electrons. The van der Waals surface area contributed by atoms with Gasteiger partial charge in [-0.2, -0.15) is 0 Å². The van der Waals surface area contributed by atoms with Crippen LogP contribution in [0.3, 0.4) is 0 Å². The van der Waals surface area contributed by atoms with Gasteiger partial charge in [-0.05, 0) is 25.3 Å². The van der Waals surface area contributed by atoms with Crippen molar-refractivity contribution in [2.24, 2.45) is 5.41 Å². The van der Waals surface area contributed by atoms with Crippen molar-refractivity contribution >= 4 is 15.9 Å². The highest BCUT2D eigenvalue weighted by atomic mass is 79.9. The molecule has 0 unspecified atom stereocenters. The Kier molecular flexibility index (Phi) is 4.70. The molecule has 0 aromatic rings. The van der Waals surface area contributed by atoms with E-state index in [9.17, 15) is 0 Å². The molecule has 2 nitrogen and oxygen atoms in total. The van der Waals surface area contributed by atoms with Crippen LogP contribution in [0.1, 0.15) is 25.7 Å². The molecule has 3 heteroatoms. The highest BCUT2D eigenvalue weighted by Gasteiger charge is 2.33. The quantitative estimate of drug-likeness (QED) is 0.753. The molecule has 0 aliphatic heterocycles. The van der Waals surface area contributed by atoms with E-state index in [1.54, 1.807) is 0 Å². The molecule has 0 atom stereocenters. The van der Waals surface area contributed by atoms with Crippen molar-refractivity contribution in [3.05, 3.63) is 0 Å².